The van der Waals surface area contributed by atoms with Crippen LogP contribution in [0.5, 0.6) is 5.75 Å². The Morgan fingerprint density at radius 1 is 1.07 bits per heavy atom. The zero-order valence-corrected chi connectivity index (χ0v) is 17.0. The molecule has 2 atom stereocenters. The normalized spacial score (nSPS) is 19.6. The summed E-state index contributed by atoms with van der Waals surface area (Å²) in [5, 5.41) is 3.06. The number of para-hydroxylation sites is 2. The predicted octanol–water partition coefficient (Wildman–Crippen LogP) is 3.80. The molecule has 1 saturated carbocycles. The Morgan fingerprint density at radius 3 is 2.57 bits per heavy atom. The van der Waals surface area contributed by atoms with Crippen LogP contribution in [0, 0.1) is 5.92 Å². The second kappa shape index (κ2) is 8.65. The predicted molar refractivity (Wildman–Crippen MR) is 109 cm³/mol. The summed E-state index contributed by atoms with van der Waals surface area (Å²) >= 11 is 0. The van der Waals surface area contributed by atoms with Gasteiger partial charge in [-0.25, -0.2) is 8.42 Å². The van der Waals surface area contributed by atoms with Crippen LogP contribution in [-0.2, 0) is 10.0 Å². The van der Waals surface area contributed by atoms with E-state index in [4.69, 9.17) is 4.74 Å². The molecule has 0 spiro atoms. The lowest BCUT2D eigenvalue weighted by molar-refractivity contribution is 0.0910. The van der Waals surface area contributed by atoms with Gasteiger partial charge in [0.2, 0.25) is 0 Å². The van der Waals surface area contributed by atoms with Crippen LogP contribution < -0.4 is 14.8 Å². The van der Waals surface area contributed by atoms with Gasteiger partial charge in [-0.1, -0.05) is 38.0 Å². The van der Waals surface area contributed by atoms with E-state index in [-0.39, 0.29) is 16.8 Å². The van der Waals surface area contributed by atoms with E-state index in [9.17, 15) is 13.2 Å². The number of ether oxygens (including phenoxy) is 1. The topological polar surface area (TPSA) is 84.5 Å². The van der Waals surface area contributed by atoms with Crippen molar-refractivity contribution in [1.29, 1.82) is 0 Å². The van der Waals surface area contributed by atoms with Crippen LogP contribution in [0.2, 0.25) is 0 Å². The highest BCUT2D eigenvalue weighted by atomic mass is 32.2. The number of hydrogen-bond donors (Lipinski definition) is 2. The van der Waals surface area contributed by atoms with E-state index in [0.29, 0.717) is 22.9 Å². The molecule has 0 unspecified atom stereocenters. The highest BCUT2D eigenvalue weighted by Crippen LogP contribution is 2.27. The maximum Gasteiger partial charge on any atom is 0.262 e. The quantitative estimate of drug-likeness (QED) is 0.770. The zero-order chi connectivity index (χ0) is 20.1. The van der Waals surface area contributed by atoms with Gasteiger partial charge in [-0.3, -0.25) is 9.52 Å². The number of benzene rings is 2. The summed E-state index contributed by atoms with van der Waals surface area (Å²) in [5.41, 5.74) is 0.677. The minimum Gasteiger partial charge on any atom is -0.495 e. The average molecular weight is 403 g/mol. The lowest BCUT2D eigenvalue weighted by atomic mass is 9.86. The highest BCUT2D eigenvalue weighted by molar-refractivity contribution is 7.92. The third-order valence-corrected chi connectivity index (χ3v) is 6.55. The van der Waals surface area contributed by atoms with Gasteiger partial charge in [0.1, 0.15) is 5.75 Å². The summed E-state index contributed by atoms with van der Waals surface area (Å²) in [4.78, 5) is 12.7. The van der Waals surface area contributed by atoms with Gasteiger partial charge >= 0.3 is 0 Å². The number of rotatable bonds is 6. The van der Waals surface area contributed by atoms with Gasteiger partial charge in [0.15, 0.2) is 0 Å². The first-order chi connectivity index (χ1) is 13.4. The van der Waals surface area contributed by atoms with Gasteiger partial charge in [0.05, 0.1) is 17.7 Å². The standard InChI is InChI=1S/C21H26N2O4S/c1-15-8-3-4-11-18(15)22-21(24)16-9-7-10-17(14-16)28(25,26)23-19-12-5-6-13-20(19)27-2/h5-7,9-10,12-15,18,23H,3-4,8,11H2,1-2H3,(H,22,24)/t15-,18+/m0/s1. The maximum atomic E-state index is 12.8. The molecule has 1 fully saturated rings. The van der Waals surface area contributed by atoms with Crippen molar-refractivity contribution in [1.82, 2.24) is 5.32 Å². The van der Waals surface area contributed by atoms with Gasteiger partial charge in [-0.2, -0.15) is 0 Å². The molecule has 0 aliphatic heterocycles. The third kappa shape index (κ3) is 4.65. The van der Waals surface area contributed by atoms with Gasteiger partial charge in [-0.05, 0) is 49.1 Å². The lowest BCUT2D eigenvalue weighted by Gasteiger charge is -2.29. The Hall–Kier alpha value is -2.54. The molecular formula is C21H26N2O4S. The van der Waals surface area contributed by atoms with Crippen molar-refractivity contribution in [3.63, 3.8) is 0 Å². The molecule has 0 bridgehead atoms. The Morgan fingerprint density at radius 2 is 1.82 bits per heavy atom. The van der Waals surface area contributed by atoms with Crippen molar-refractivity contribution < 1.29 is 17.9 Å². The van der Waals surface area contributed by atoms with Crippen molar-refractivity contribution in [3.8, 4) is 5.75 Å². The van der Waals surface area contributed by atoms with Crippen LogP contribution in [0.3, 0.4) is 0 Å². The van der Waals surface area contributed by atoms with Gasteiger partial charge in [0, 0.05) is 11.6 Å². The van der Waals surface area contributed by atoms with Crippen LogP contribution >= 0.6 is 0 Å². The average Bonchev–Trinajstić information content (AvgIpc) is 2.70. The molecule has 150 valence electrons. The van der Waals surface area contributed by atoms with Crippen molar-refractivity contribution >= 4 is 21.6 Å². The summed E-state index contributed by atoms with van der Waals surface area (Å²) in [6.45, 7) is 2.14. The van der Waals surface area contributed by atoms with Crippen molar-refractivity contribution in [3.05, 3.63) is 54.1 Å². The summed E-state index contributed by atoms with van der Waals surface area (Å²) in [7, 11) is -2.38. The fourth-order valence-corrected chi connectivity index (χ4v) is 4.64. The first-order valence-electron chi connectivity index (χ1n) is 9.47. The van der Waals surface area contributed by atoms with Crippen molar-refractivity contribution in [2.24, 2.45) is 5.92 Å². The van der Waals surface area contributed by atoms with Crippen LogP contribution in [0.15, 0.2) is 53.4 Å². The summed E-state index contributed by atoms with van der Waals surface area (Å²) in [6.07, 6.45) is 4.35. The number of anilines is 1. The second-order valence-electron chi connectivity index (χ2n) is 7.18. The molecule has 3 rings (SSSR count). The molecule has 1 amide bonds. The molecule has 2 aromatic rings. The molecule has 0 saturated heterocycles. The van der Waals surface area contributed by atoms with E-state index in [1.165, 1.54) is 25.7 Å². The minimum absolute atomic E-state index is 0.0303. The largest absolute Gasteiger partial charge is 0.495 e. The Bertz CT molecular complexity index is 943. The molecule has 2 N–H and O–H groups in total. The summed E-state index contributed by atoms with van der Waals surface area (Å²) in [5.74, 6) is 0.608. The third-order valence-electron chi connectivity index (χ3n) is 5.19. The fraction of sp³-hybridized carbons (Fsp3) is 0.381. The van der Waals surface area contributed by atoms with E-state index < -0.39 is 10.0 Å². The van der Waals surface area contributed by atoms with E-state index in [1.807, 2.05) is 0 Å². The molecule has 7 heteroatoms. The molecule has 2 aromatic carbocycles. The fourth-order valence-electron chi connectivity index (χ4n) is 3.52. The van der Waals surface area contributed by atoms with E-state index in [2.05, 4.69) is 17.0 Å². The Kier molecular flexibility index (Phi) is 6.24. The van der Waals surface area contributed by atoms with E-state index in [0.717, 1.165) is 19.3 Å². The molecule has 0 aromatic heterocycles. The molecule has 1 aliphatic rings. The number of carbonyl (C=O) groups is 1. The summed E-state index contributed by atoms with van der Waals surface area (Å²) in [6, 6.07) is 13.0. The van der Waals surface area contributed by atoms with Gasteiger partial charge in [-0.15, -0.1) is 0 Å². The highest BCUT2D eigenvalue weighted by Gasteiger charge is 2.24. The molecule has 6 nitrogen and oxygen atoms in total. The smallest absolute Gasteiger partial charge is 0.262 e. The number of amides is 1. The number of carbonyl (C=O) groups excluding carboxylic acids is 1. The van der Waals surface area contributed by atoms with Crippen LogP contribution in [0.1, 0.15) is 43.0 Å². The Balaban J connectivity index is 1.78. The Labute approximate surface area is 166 Å². The monoisotopic (exact) mass is 402 g/mol. The van der Waals surface area contributed by atoms with Crippen LogP contribution in [0.25, 0.3) is 0 Å². The zero-order valence-electron chi connectivity index (χ0n) is 16.1. The van der Waals surface area contributed by atoms with Gasteiger partial charge in [0.25, 0.3) is 15.9 Å². The van der Waals surface area contributed by atoms with Crippen molar-refractivity contribution in [2.75, 3.05) is 11.8 Å². The van der Waals surface area contributed by atoms with Gasteiger partial charge < -0.3 is 10.1 Å². The number of sulfonamides is 1. The minimum atomic E-state index is -3.86. The summed E-state index contributed by atoms with van der Waals surface area (Å²) < 4.78 is 33.3. The van der Waals surface area contributed by atoms with E-state index >= 15 is 0 Å². The number of nitrogens with one attached hydrogen (secondary N) is 2. The lowest BCUT2D eigenvalue weighted by Crippen LogP contribution is -2.41. The molecule has 28 heavy (non-hydrogen) atoms. The van der Waals surface area contributed by atoms with Crippen LogP contribution in [-0.4, -0.2) is 27.5 Å². The number of methoxy groups -OCH3 is 1. The molecular weight excluding hydrogens is 376 g/mol. The van der Waals surface area contributed by atoms with Crippen molar-refractivity contribution in [2.45, 2.75) is 43.5 Å². The van der Waals surface area contributed by atoms with E-state index in [1.54, 1.807) is 36.4 Å². The number of hydrogen-bond acceptors (Lipinski definition) is 4. The molecule has 0 radical (unpaired) electrons. The van der Waals surface area contributed by atoms with Crippen LogP contribution in [0.4, 0.5) is 5.69 Å². The molecule has 1 aliphatic carbocycles. The first kappa shape index (κ1) is 20.2. The maximum absolute atomic E-state index is 12.8. The second-order valence-corrected chi connectivity index (χ2v) is 8.86. The molecule has 0 heterocycles. The first-order valence-corrected chi connectivity index (χ1v) is 11.0. The SMILES string of the molecule is COc1ccccc1NS(=O)(=O)c1cccc(C(=O)N[C@@H]2CCCC[C@@H]2C)c1.